The summed E-state index contributed by atoms with van der Waals surface area (Å²) < 4.78 is 18.7. The van der Waals surface area contributed by atoms with Crippen LogP contribution in [0.5, 0.6) is 5.75 Å². The lowest BCUT2D eigenvalue weighted by Gasteiger charge is -2.10. The van der Waals surface area contributed by atoms with Crippen molar-refractivity contribution in [2.24, 2.45) is 5.16 Å². The standard InChI is InChI=1S/C10H11ClFNO2/c1-6(2)15-7-3-4-8(9(12)5-7)10(11)13-14/h3-6,14H,1-2H3/b13-10-. The average Bonchev–Trinajstić information content (AvgIpc) is 2.16. The lowest BCUT2D eigenvalue weighted by Crippen LogP contribution is -2.06. The van der Waals surface area contributed by atoms with Crippen molar-refractivity contribution in [3.8, 4) is 5.75 Å². The zero-order valence-corrected chi connectivity index (χ0v) is 9.12. The second kappa shape index (κ2) is 4.98. The number of halogens is 2. The smallest absolute Gasteiger partial charge is 0.178 e. The van der Waals surface area contributed by atoms with E-state index in [1.807, 2.05) is 13.8 Å². The largest absolute Gasteiger partial charge is 0.491 e. The molecule has 0 aliphatic heterocycles. The molecule has 0 amide bonds. The Morgan fingerprint density at radius 1 is 1.53 bits per heavy atom. The van der Waals surface area contributed by atoms with Gasteiger partial charge in [-0.2, -0.15) is 0 Å². The van der Waals surface area contributed by atoms with Gasteiger partial charge in [-0.3, -0.25) is 0 Å². The van der Waals surface area contributed by atoms with Gasteiger partial charge in [-0.1, -0.05) is 16.8 Å². The first-order valence-corrected chi connectivity index (χ1v) is 4.76. The Labute approximate surface area is 92.1 Å². The molecule has 1 aromatic carbocycles. The van der Waals surface area contributed by atoms with Gasteiger partial charge in [0.2, 0.25) is 0 Å². The SMILES string of the molecule is CC(C)Oc1ccc(/C(Cl)=N/O)c(F)c1. The molecular weight excluding hydrogens is 221 g/mol. The highest BCUT2D eigenvalue weighted by molar-refractivity contribution is 6.69. The predicted molar refractivity (Wildman–Crippen MR) is 56.3 cm³/mol. The highest BCUT2D eigenvalue weighted by Crippen LogP contribution is 2.19. The second-order valence-electron chi connectivity index (χ2n) is 3.20. The van der Waals surface area contributed by atoms with Crippen molar-refractivity contribution in [1.29, 1.82) is 0 Å². The molecule has 5 heteroatoms. The minimum absolute atomic E-state index is 0.0303. The minimum Gasteiger partial charge on any atom is -0.491 e. The first-order chi connectivity index (χ1) is 7.04. The van der Waals surface area contributed by atoms with Crippen LogP contribution in [0.25, 0.3) is 0 Å². The van der Waals surface area contributed by atoms with Gasteiger partial charge < -0.3 is 9.94 Å². The summed E-state index contributed by atoms with van der Waals surface area (Å²) >= 11 is 5.47. The van der Waals surface area contributed by atoms with Crippen LogP contribution in [0.2, 0.25) is 0 Å². The summed E-state index contributed by atoms with van der Waals surface area (Å²) in [6.45, 7) is 3.68. The molecule has 0 spiro atoms. The molecule has 3 nitrogen and oxygen atoms in total. The number of hydrogen-bond donors (Lipinski definition) is 1. The normalized spacial score (nSPS) is 11.9. The fourth-order valence-electron chi connectivity index (χ4n) is 1.06. The maximum atomic E-state index is 13.4. The van der Waals surface area contributed by atoms with Crippen LogP contribution < -0.4 is 4.74 Å². The topological polar surface area (TPSA) is 41.8 Å². The summed E-state index contributed by atoms with van der Waals surface area (Å²) in [5.74, 6) is -0.176. The summed E-state index contributed by atoms with van der Waals surface area (Å²) in [4.78, 5) is 0. The predicted octanol–water partition coefficient (Wildman–Crippen LogP) is 2.99. The number of rotatable bonds is 3. The fraction of sp³-hybridized carbons (Fsp3) is 0.300. The number of ether oxygens (including phenoxy) is 1. The van der Waals surface area contributed by atoms with Crippen LogP contribution in [0.15, 0.2) is 23.4 Å². The van der Waals surface area contributed by atoms with E-state index >= 15 is 0 Å². The Balaban J connectivity index is 2.98. The number of hydrogen-bond acceptors (Lipinski definition) is 3. The third kappa shape index (κ3) is 3.09. The fourth-order valence-corrected chi connectivity index (χ4v) is 1.22. The van der Waals surface area contributed by atoms with Gasteiger partial charge in [-0.15, -0.1) is 0 Å². The van der Waals surface area contributed by atoms with E-state index in [0.29, 0.717) is 5.75 Å². The van der Waals surface area contributed by atoms with Crippen molar-refractivity contribution >= 4 is 16.8 Å². The Bertz CT molecular complexity index is 380. The van der Waals surface area contributed by atoms with Crippen LogP contribution in [0.4, 0.5) is 4.39 Å². The van der Waals surface area contributed by atoms with Crippen LogP contribution in [-0.2, 0) is 0 Å². The molecule has 1 aromatic rings. The third-order valence-electron chi connectivity index (χ3n) is 1.62. The van der Waals surface area contributed by atoms with Gasteiger partial charge in [-0.25, -0.2) is 4.39 Å². The average molecular weight is 232 g/mol. The van der Waals surface area contributed by atoms with Gasteiger partial charge in [0.1, 0.15) is 11.6 Å². The van der Waals surface area contributed by atoms with Gasteiger partial charge >= 0.3 is 0 Å². The molecular formula is C10H11ClFNO2. The lowest BCUT2D eigenvalue weighted by atomic mass is 10.2. The van der Waals surface area contributed by atoms with Gasteiger partial charge in [-0.05, 0) is 26.0 Å². The monoisotopic (exact) mass is 231 g/mol. The van der Waals surface area contributed by atoms with Crippen molar-refractivity contribution in [2.45, 2.75) is 20.0 Å². The summed E-state index contributed by atoms with van der Waals surface area (Å²) in [6, 6.07) is 4.16. The molecule has 0 saturated carbocycles. The molecule has 15 heavy (non-hydrogen) atoms. The molecule has 0 aliphatic rings. The molecule has 1 N–H and O–H groups in total. The Morgan fingerprint density at radius 2 is 2.20 bits per heavy atom. The third-order valence-corrected chi connectivity index (χ3v) is 1.90. The zero-order chi connectivity index (χ0) is 11.4. The molecule has 1 rings (SSSR count). The maximum Gasteiger partial charge on any atom is 0.178 e. The van der Waals surface area contributed by atoms with E-state index < -0.39 is 5.82 Å². The van der Waals surface area contributed by atoms with E-state index in [1.54, 1.807) is 6.07 Å². The van der Waals surface area contributed by atoms with Gasteiger partial charge in [0.25, 0.3) is 0 Å². The first kappa shape index (κ1) is 11.8. The van der Waals surface area contributed by atoms with E-state index in [-0.39, 0.29) is 16.8 Å². The van der Waals surface area contributed by atoms with Crippen LogP contribution >= 0.6 is 11.6 Å². The summed E-state index contributed by atoms with van der Waals surface area (Å²) in [7, 11) is 0. The summed E-state index contributed by atoms with van der Waals surface area (Å²) in [5, 5.41) is 10.8. The van der Waals surface area contributed by atoms with Crippen molar-refractivity contribution in [3.05, 3.63) is 29.6 Å². The molecule has 0 aliphatic carbocycles. The van der Waals surface area contributed by atoms with Crippen molar-refractivity contribution < 1.29 is 14.3 Å². The van der Waals surface area contributed by atoms with E-state index in [1.165, 1.54) is 12.1 Å². The second-order valence-corrected chi connectivity index (χ2v) is 3.56. The molecule has 0 atom stereocenters. The quantitative estimate of drug-likeness (QED) is 0.494. The van der Waals surface area contributed by atoms with Gasteiger partial charge in [0.05, 0.1) is 11.7 Å². The molecule has 0 unspecified atom stereocenters. The Kier molecular flexibility index (Phi) is 3.91. The number of benzene rings is 1. The molecule has 0 saturated heterocycles. The van der Waals surface area contributed by atoms with Crippen LogP contribution in [-0.4, -0.2) is 16.5 Å². The van der Waals surface area contributed by atoms with E-state index in [2.05, 4.69) is 5.16 Å². The molecule has 0 aromatic heterocycles. The highest BCUT2D eigenvalue weighted by Gasteiger charge is 2.09. The first-order valence-electron chi connectivity index (χ1n) is 4.38. The highest BCUT2D eigenvalue weighted by atomic mass is 35.5. The van der Waals surface area contributed by atoms with Crippen LogP contribution in [0, 0.1) is 5.82 Å². The van der Waals surface area contributed by atoms with E-state index in [9.17, 15) is 4.39 Å². The maximum absolute atomic E-state index is 13.4. The van der Waals surface area contributed by atoms with E-state index in [4.69, 9.17) is 21.5 Å². The van der Waals surface area contributed by atoms with Gasteiger partial charge in [0, 0.05) is 6.07 Å². The summed E-state index contributed by atoms with van der Waals surface area (Å²) in [6.07, 6.45) is -0.0303. The number of oxime groups is 1. The van der Waals surface area contributed by atoms with E-state index in [0.717, 1.165) is 0 Å². The molecule has 0 fully saturated rings. The Morgan fingerprint density at radius 3 is 2.67 bits per heavy atom. The van der Waals surface area contributed by atoms with Crippen molar-refractivity contribution in [3.63, 3.8) is 0 Å². The van der Waals surface area contributed by atoms with Crippen molar-refractivity contribution in [2.75, 3.05) is 0 Å². The van der Waals surface area contributed by atoms with Crippen molar-refractivity contribution in [1.82, 2.24) is 0 Å². The number of nitrogens with zero attached hydrogens (tertiary/aromatic N) is 1. The molecule has 0 bridgehead atoms. The summed E-state index contributed by atoms with van der Waals surface area (Å²) in [5.41, 5.74) is 0.0373. The molecule has 82 valence electrons. The molecule has 0 radical (unpaired) electrons. The molecule has 0 heterocycles. The van der Waals surface area contributed by atoms with Crippen LogP contribution in [0.3, 0.4) is 0 Å². The van der Waals surface area contributed by atoms with Crippen LogP contribution in [0.1, 0.15) is 19.4 Å². The minimum atomic E-state index is -0.587. The Hall–Kier alpha value is -1.29. The van der Waals surface area contributed by atoms with Gasteiger partial charge in [0.15, 0.2) is 5.17 Å². The lowest BCUT2D eigenvalue weighted by molar-refractivity contribution is 0.241. The zero-order valence-electron chi connectivity index (χ0n) is 8.37.